The maximum absolute atomic E-state index is 13.9. The number of carbonyl (C=O) groups excluding carboxylic acids is 1. The molecule has 2 aromatic carbocycles. The summed E-state index contributed by atoms with van der Waals surface area (Å²) in [6.45, 7) is 3.89. The van der Waals surface area contributed by atoms with Crippen LogP contribution in [0.4, 0.5) is 0 Å². The summed E-state index contributed by atoms with van der Waals surface area (Å²) in [6, 6.07) is 7.63. The highest BCUT2D eigenvalue weighted by Gasteiger charge is 2.36. The maximum atomic E-state index is 13.9. The highest BCUT2D eigenvalue weighted by molar-refractivity contribution is 9.11. The summed E-state index contributed by atoms with van der Waals surface area (Å²) >= 11 is 14.3. The summed E-state index contributed by atoms with van der Waals surface area (Å²) in [7, 11) is 1.52. The van der Waals surface area contributed by atoms with Crippen molar-refractivity contribution in [2.75, 3.05) is 13.7 Å². The normalized spacial score (nSPS) is 15.4. The van der Waals surface area contributed by atoms with E-state index in [9.17, 15) is 14.7 Å². The summed E-state index contributed by atoms with van der Waals surface area (Å²) in [5.41, 5.74) is 1.44. The zero-order chi connectivity index (χ0) is 26.9. The number of methoxy groups -OCH3 is 1. The van der Waals surface area contributed by atoms with Gasteiger partial charge in [0.05, 0.1) is 34.0 Å². The molecule has 1 atom stereocenters. The molecular weight excluding hydrogens is 648 g/mol. The van der Waals surface area contributed by atoms with Gasteiger partial charge in [-0.1, -0.05) is 52.2 Å². The third-order valence-electron chi connectivity index (χ3n) is 5.72. The highest BCUT2D eigenvalue weighted by atomic mass is 79.9. The minimum Gasteiger partial charge on any atom is -0.506 e. The number of esters is 1. The number of allylic oxidation sites excluding steroid dienone is 1. The molecule has 0 aliphatic carbocycles. The Labute approximate surface area is 239 Å². The molecule has 11 heteroatoms. The summed E-state index contributed by atoms with van der Waals surface area (Å²) in [5, 5.41) is 11.0. The van der Waals surface area contributed by atoms with Crippen LogP contribution in [-0.2, 0) is 9.53 Å². The third kappa shape index (κ3) is 5.43. The molecule has 0 unspecified atom stereocenters. The van der Waals surface area contributed by atoms with Gasteiger partial charge >= 0.3 is 5.97 Å². The van der Waals surface area contributed by atoms with Crippen molar-refractivity contribution in [2.45, 2.75) is 32.7 Å². The first-order valence-corrected chi connectivity index (χ1v) is 14.2. The van der Waals surface area contributed by atoms with Crippen molar-refractivity contribution in [3.63, 3.8) is 0 Å². The van der Waals surface area contributed by atoms with E-state index in [1.807, 2.05) is 6.92 Å². The zero-order valence-electron chi connectivity index (χ0n) is 20.2. The Morgan fingerprint density at radius 1 is 1.27 bits per heavy atom. The van der Waals surface area contributed by atoms with Crippen LogP contribution in [-0.4, -0.2) is 29.4 Å². The molecule has 7 nitrogen and oxygen atoms in total. The van der Waals surface area contributed by atoms with Gasteiger partial charge in [-0.2, -0.15) is 0 Å². The van der Waals surface area contributed by atoms with E-state index < -0.39 is 12.0 Å². The minimum atomic E-state index is -0.865. The Kier molecular flexibility index (Phi) is 8.63. The first-order valence-electron chi connectivity index (χ1n) is 11.4. The van der Waals surface area contributed by atoms with Crippen molar-refractivity contribution in [3.05, 3.63) is 86.4 Å². The van der Waals surface area contributed by atoms with Crippen LogP contribution in [0.3, 0.4) is 0 Å². The van der Waals surface area contributed by atoms with Crippen molar-refractivity contribution in [1.29, 1.82) is 0 Å². The van der Waals surface area contributed by atoms with Gasteiger partial charge in [0.2, 0.25) is 0 Å². The van der Waals surface area contributed by atoms with Gasteiger partial charge in [0.25, 0.3) is 5.56 Å². The number of nitrogens with zero attached hydrogens (tertiary/aromatic N) is 2. The fraction of sp³-hybridized carbons (Fsp3) is 0.269. The second-order valence-corrected chi connectivity index (χ2v) is 11.3. The lowest BCUT2D eigenvalue weighted by Gasteiger charge is -2.27. The van der Waals surface area contributed by atoms with Gasteiger partial charge in [0.15, 0.2) is 4.80 Å². The van der Waals surface area contributed by atoms with E-state index >= 15 is 0 Å². The van der Waals surface area contributed by atoms with Crippen LogP contribution in [0.15, 0.2) is 60.3 Å². The molecule has 1 aromatic heterocycles. The lowest BCUT2D eigenvalue weighted by Crippen LogP contribution is -2.40. The number of halogens is 3. The number of hydrogen-bond donors (Lipinski definition) is 1. The van der Waals surface area contributed by atoms with Crippen molar-refractivity contribution in [1.82, 2.24) is 4.57 Å². The molecule has 0 fully saturated rings. The van der Waals surface area contributed by atoms with E-state index in [0.717, 1.165) is 10.9 Å². The third-order valence-corrected chi connectivity index (χ3v) is 8.00. The number of phenolic OH excluding ortho intramolecular Hbond substituents is 1. The number of phenols is 1. The Morgan fingerprint density at radius 2 is 2.03 bits per heavy atom. The molecule has 0 amide bonds. The van der Waals surface area contributed by atoms with E-state index in [1.165, 1.54) is 23.0 Å². The van der Waals surface area contributed by atoms with Crippen LogP contribution in [0.2, 0.25) is 5.02 Å². The van der Waals surface area contributed by atoms with E-state index in [0.29, 0.717) is 47.8 Å². The Bertz CT molecular complexity index is 1600. The number of aromatic nitrogens is 1. The molecule has 0 saturated carbocycles. The van der Waals surface area contributed by atoms with Gasteiger partial charge in [0.1, 0.15) is 17.5 Å². The van der Waals surface area contributed by atoms with Gasteiger partial charge < -0.3 is 14.6 Å². The number of fused-ring (bicyclic) bond motifs is 1. The van der Waals surface area contributed by atoms with E-state index in [1.54, 1.807) is 43.3 Å². The van der Waals surface area contributed by atoms with Gasteiger partial charge in [-0.3, -0.25) is 9.36 Å². The average Bonchev–Trinajstić information content (AvgIpc) is 3.16. The predicted molar refractivity (Wildman–Crippen MR) is 151 cm³/mol. The molecule has 0 spiro atoms. The van der Waals surface area contributed by atoms with E-state index in [2.05, 4.69) is 31.9 Å². The van der Waals surface area contributed by atoms with E-state index in [4.69, 9.17) is 26.1 Å². The largest absolute Gasteiger partial charge is 0.506 e. The first kappa shape index (κ1) is 27.6. The Morgan fingerprint density at radius 3 is 2.70 bits per heavy atom. The molecule has 0 radical (unpaired) electrons. The molecule has 2 heterocycles. The summed E-state index contributed by atoms with van der Waals surface area (Å²) in [4.78, 5) is 32.4. The first-order chi connectivity index (χ1) is 17.7. The number of carbonyl (C=O) groups is 1. The zero-order valence-corrected chi connectivity index (χ0v) is 24.9. The van der Waals surface area contributed by atoms with Crippen LogP contribution >= 0.6 is 54.8 Å². The summed E-state index contributed by atoms with van der Waals surface area (Å²) < 4.78 is 14.1. The molecular formula is C26H23Br2ClN2O5S. The standard InChI is InChI=1S/C26H23Br2ClN2O5S/c1-4-6-18-21(25(34)36-5-2)22(16-12-15(29)7-8-19(16)35-3)31-24(33)20(37-26(31)30-18)10-13-9-14(27)11-17(28)23(13)32/h7-12,22,32H,4-6H2,1-3H3/b20-10+/t22-/m1/s1. The topological polar surface area (TPSA) is 90.1 Å². The van der Waals surface area contributed by atoms with Crippen molar-refractivity contribution < 1.29 is 19.4 Å². The fourth-order valence-corrected chi connectivity index (χ4v) is 6.62. The fourth-order valence-electron chi connectivity index (χ4n) is 4.17. The molecule has 1 aliphatic heterocycles. The SMILES string of the molecule is CCCC1=C(C(=O)OCC)[C@@H](c2cc(Cl)ccc2OC)n2c(s/c(=C/c3cc(Br)cc(Br)c3O)c2=O)=N1. The van der Waals surface area contributed by atoms with Gasteiger partial charge in [0, 0.05) is 20.6 Å². The van der Waals surface area contributed by atoms with Crippen molar-refractivity contribution >= 4 is 66.8 Å². The monoisotopic (exact) mass is 668 g/mol. The lowest BCUT2D eigenvalue weighted by molar-refractivity contribution is -0.139. The number of hydrogen-bond acceptors (Lipinski definition) is 7. The lowest BCUT2D eigenvalue weighted by atomic mass is 9.93. The highest BCUT2D eigenvalue weighted by Crippen LogP contribution is 2.38. The second kappa shape index (κ2) is 11.6. The molecule has 0 bridgehead atoms. The number of ether oxygens (including phenoxy) is 2. The molecule has 3 aromatic rings. The molecule has 0 saturated heterocycles. The van der Waals surface area contributed by atoms with Crippen LogP contribution in [0, 0.1) is 0 Å². The van der Waals surface area contributed by atoms with Crippen LogP contribution < -0.4 is 19.6 Å². The maximum Gasteiger partial charge on any atom is 0.338 e. The number of rotatable bonds is 7. The Hall–Kier alpha value is -2.40. The molecule has 37 heavy (non-hydrogen) atoms. The van der Waals surface area contributed by atoms with Crippen LogP contribution in [0.1, 0.15) is 43.9 Å². The molecule has 1 N–H and O–H groups in total. The minimum absolute atomic E-state index is 0.000908. The molecule has 194 valence electrons. The van der Waals surface area contributed by atoms with Gasteiger partial charge in [-0.15, -0.1) is 0 Å². The Balaban J connectivity index is 2.08. The van der Waals surface area contributed by atoms with Crippen molar-refractivity contribution in [2.24, 2.45) is 4.99 Å². The van der Waals surface area contributed by atoms with Crippen LogP contribution in [0.5, 0.6) is 11.5 Å². The second-order valence-electron chi connectivity index (χ2n) is 8.13. The van der Waals surface area contributed by atoms with Crippen LogP contribution in [0.25, 0.3) is 6.08 Å². The summed E-state index contributed by atoms with van der Waals surface area (Å²) in [5.74, 6) is -0.0809. The van der Waals surface area contributed by atoms with Gasteiger partial charge in [-0.25, -0.2) is 9.79 Å². The predicted octanol–water partition coefficient (Wildman–Crippen LogP) is 5.47. The van der Waals surface area contributed by atoms with Crippen molar-refractivity contribution in [3.8, 4) is 11.5 Å². The van der Waals surface area contributed by atoms with E-state index in [-0.39, 0.29) is 23.5 Å². The number of aromatic hydroxyl groups is 1. The number of thiazole rings is 1. The molecule has 4 rings (SSSR count). The van der Waals surface area contributed by atoms with Gasteiger partial charge in [-0.05, 0) is 65.7 Å². The molecule has 1 aliphatic rings. The summed E-state index contributed by atoms with van der Waals surface area (Å²) in [6.07, 6.45) is 2.85. The smallest absolute Gasteiger partial charge is 0.338 e. The average molecular weight is 671 g/mol. The number of benzene rings is 2. The quantitative estimate of drug-likeness (QED) is 0.337.